The molecule has 0 radical (unpaired) electrons. The third-order valence-electron chi connectivity index (χ3n) is 10.9. The Bertz CT molecular complexity index is 1480. The predicted octanol–water partition coefficient (Wildman–Crippen LogP) is 17.9. The van der Waals surface area contributed by atoms with Gasteiger partial charge in [-0.15, -0.1) is 0 Å². The summed E-state index contributed by atoms with van der Waals surface area (Å²) < 4.78 is 16.7. The summed E-state index contributed by atoms with van der Waals surface area (Å²) >= 11 is 0. The van der Waals surface area contributed by atoms with Crippen molar-refractivity contribution in [1.29, 1.82) is 0 Å². The van der Waals surface area contributed by atoms with Crippen molar-refractivity contribution in [3.05, 3.63) is 134 Å². The van der Waals surface area contributed by atoms with Crippen LogP contribution < -0.4 is 0 Å². The first-order valence-electron chi connectivity index (χ1n) is 26.8. The summed E-state index contributed by atoms with van der Waals surface area (Å²) in [7, 11) is 0. The minimum Gasteiger partial charge on any atom is -0.462 e. The number of allylic oxidation sites excluding steroid dienone is 22. The molecule has 0 amide bonds. The Morgan fingerprint density at radius 3 is 1.01 bits per heavy atom. The van der Waals surface area contributed by atoms with Crippen molar-refractivity contribution in [2.45, 2.75) is 219 Å². The van der Waals surface area contributed by atoms with Crippen molar-refractivity contribution < 1.29 is 28.6 Å². The average molecular weight is 925 g/mol. The fourth-order valence-corrected chi connectivity index (χ4v) is 6.83. The van der Waals surface area contributed by atoms with Gasteiger partial charge in [0.05, 0.1) is 0 Å². The molecule has 0 heterocycles. The van der Waals surface area contributed by atoms with E-state index in [2.05, 4.69) is 99.8 Å². The summed E-state index contributed by atoms with van der Waals surface area (Å²) in [5.41, 5.74) is 0. The van der Waals surface area contributed by atoms with E-state index in [9.17, 15) is 14.4 Å². The minimum atomic E-state index is -0.830. The van der Waals surface area contributed by atoms with Gasteiger partial charge in [0.2, 0.25) is 0 Å². The molecule has 6 nitrogen and oxygen atoms in total. The van der Waals surface area contributed by atoms with E-state index in [-0.39, 0.29) is 44.0 Å². The van der Waals surface area contributed by atoms with Crippen LogP contribution in [0.2, 0.25) is 0 Å². The maximum atomic E-state index is 12.8. The van der Waals surface area contributed by atoms with Crippen molar-refractivity contribution in [3.63, 3.8) is 0 Å². The molecule has 0 N–H and O–H groups in total. The summed E-state index contributed by atoms with van der Waals surface area (Å²) in [4.78, 5) is 38.0. The Hall–Kier alpha value is -4.45. The predicted molar refractivity (Wildman–Crippen MR) is 288 cm³/mol. The highest BCUT2D eigenvalue weighted by molar-refractivity contribution is 5.71. The zero-order valence-corrected chi connectivity index (χ0v) is 42.9. The second-order valence-electron chi connectivity index (χ2n) is 17.3. The summed E-state index contributed by atoms with van der Waals surface area (Å²) in [5, 5.41) is 0. The van der Waals surface area contributed by atoms with E-state index in [0.29, 0.717) is 12.8 Å². The number of unbranched alkanes of at least 4 members (excludes halogenated alkanes) is 21. The average Bonchev–Trinajstić information content (AvgIpc) is 3.33. The number of esters is 3. The topological polar surface area (TPSA) is 78.9 Å². The van der Waals surface area contributed by atoms with Crippen LogP contribution in [-0.2, 0) is 28.6 Å². The molecule has 6 heteroatoms. The van der Waals surface area contributed by atoms with Crippen molar-refractivity contribution in [1.82, 2.24) is 0 Å². The number of rotatable bonds is 46. The molecule has 0 rings (SSSR count). The Labute approximate surface area is 411 Å². The van der Waals surface area contributed by atoms with Gasteiger partial charge in [0.25, 0.3) is 0 Å². The molecule has 1 atom stereocenters. The molecule has 0 bridgehead atoms. The quantitative estimate of drug-likeness (QED) is 0.0262. The van der Waals surface area contributed by atoms with E-state index in [1.54, 1.807) is 0 Å². The molecule has 0 fully saturated rings. The van der Waals surface area contributed by atoms with Crippen LogP contribution in [0.25, 0.3) is 0 Å². The number of carbonyl (C=O) groups excluding carboxylic acids is 3. The first-order chi connectivity index (χ1) is 33.0. The molecule has 0 aliphatic rings. The van der Waals surface area contributed by atoms with Crippen molar-refractivity contribution in [2.75, 3.05) is 13.2 Å². The minimum absolute atomic E-state index is 0.124. The van der Waals surface area contributed by atoms with Crippen LogP contribution in [0.3, 0.4) is 0 Å². The fourth-order valence-electron chi connectivity index (χ4n) is 6.83. The van der Waals surface area contributed by atoms with Crippen LogP contribution in [0.5, 0.6) is 0 Å². The van der Waals surface area contributed by atoms with Crippen molar-refractivity contribution in [2.24, 2.45) is 0 Å². The Morgan fingerprint density at radius 2 is 0.597 bits per heavy atom. The molecule has 0 aromatic carbocycles. The molecule has 376 valence electrons. The van der Waals surface area contributed by atoms with E-state index in [1.807, 2.05) is 54.7 Å². The lowest BCUT2D eigenvalue weighted by atomic mass is 10.1. The van der Waals surface area contributed by atoms with Crippen LogP contribution in [0.15, 0.2) is 134 Å². The van der Waals surface area contributed by atoms with Crippen molar-refractivity contribution >= 4 is 17.9 Å². The highest BCUT2D eigenvalue weighted by Gasteiger charge is 2.19. The molecule has 0 spiro atoms. The molecule has 0 aromatic rings. The first-order valence-corrected chi connectivity index (χ1v) is 26.8. The maximum absolute atomic E-state index is 12.8. The zero-order valence-electron chi connectivity index (χ0n) is 42.9. The standard InChI is InChI=1S/C61H96O6/c1-4-7-10-13-16-19-22-25-27-29-31-33-36-39-42-45-48-51-54-60(63)66-57-58(56-65-59(62)53-50-47-44-41-38-35-24-21-18-15-12-9-6-3)67-61(64)55-52-49-46-43-40-37-34-32-30-28-26-23-20-17-14-11-8-5-2/h9,12,15-16,18-19,21-22,24-25,27-35,38,41,44,58H,4-8,10-11,13-14,17,20,23,26,36-37,39-40,42-43,45-57H2,1-3H3/b12-9+,18-15+,19-16+,24-21+,25-22+,29-27+,30-28+,33-31+,34-32+,38-35+,44-41+. The Morgan fingerprint density at radius 1 is 0.313 bits per heavy atom. The summed E-state index contributed by atoms with van der Waals surface area (Å²) in [6.45, 7) is 6.34. The zero-order chi connectivity index (χ0) is 48.6. The van der Waals surface area contributed by atoms with E-state index < -0.39 is 6.10 Å². The highest BCUT2D eigenvalue weighted by atomic mass is 16.6. The summed E-state index contributed by atoms with van der Waals surface area (Å²) in [6, 6.07) is 0. The van der Waals surface area contributed by atoms with Gasteiger partial charge < -0.3 is 14.2 Å². The van der Waals surface area contributed by atoms with E-state index in [1.165, 1.54) is 70.6 Å². The fraction of sp³-hybridized carbons (Fsp3) is 0.590. The van der Waals surface area contributed by atoms with E-state index in [4.69, 9.17) is 14.2 Å². The van der Waals surface area contributed by atoms with Crippen LogP contribution in [0, 0.1) is 0 Å². The molecule has 0 aromatic heterocycles. The molecule has 67 heavy (non-hydrogen) atoms. The van der Waals surface area contributed by atoms with Crippen LogP contribution >= 0.6 is 0 Å². The Kier molecular flexibility index (Phi) is 50.6. The Balaban J connectivity index is 4.57. The van der Waals surface area contributed by atoms with Gasteiger partial charge in [-0.05, 0) is 83.5 Å². The largest absolute Gasteiger partial charge is 0.462 e. The SMILES string of the molecule is CC/C=C/C=C/C=C/C=C/C=C/CCCC(=O)OCC(COC(=O)CCCCCCC/C=C/C=C/C=C/C=C/CCCCC)OC(=O)CCCCCCC/C=C/C=C/CCCCCCCCC. The van der Waals surface area contributed by atoms with Crippen LogP contribution in [0.1, 0.15) is 213 Å². The normalized spacial score (nSPS) is 13.2. The lowest BCUT2D eigenvalue weighted by Crippen LogP contribution is -2.30. The van der Waals surface area contributed by atoms with E-state index in [0.717, 1.165) is 96.3 Å². The third-order valence-corrected chi connectivity index (χ3v) is 10.9. The molecule has 1 unspecified atom stereocenters. The first kappa shape index (κ1) is 62.5. The van der Waals surface area contributed by atoms with Crippen LogP contribution in [-0.4, -0.2) is 37.2 Å². The van der Waals surface area contributed by atoms with Gasteiger partial charge >= 0.3 is 17.9 Å². The van der Waals surface area contributed by atoms with Gasteiger partial charge in [0.15, 0.2) is 6.10 Å². The lowest BCUT2D eigenvalue weighted by molar-refractivity contribution is -0.167. The molecule has 0 aliphatic carbocycles. The van der Waals surface area contributed by atoms with Crippen LogP contribution in [0.4, 0.5) is 0 Å². The molecule has 0 saturated heterocycles. The van der Waals surface area contributed by atoms with Crippen molar-refractivity contribution in [3.8, 4) is 0 Å². The summed E-state index contributed by atoms with van der Waals surface area (Å²) in [6.07, 6.45) is 75.8. The highest BCUT2D eigenvalue weighted by Crippen LogP contribution is 2.13. The molecule has 0 saturated carbocycles. The second kappa shape index (κ2) is 54.2. The molecular weight excluding hydrogens is 829 g/mol. The van der Waals surface area contributed by atoms with Gasteiger partial charge in [0, 0.05) is 19.3 Å². The van der Waals surface area contributed by atoms with Gasteiger partial charge in [-0.3, -0.25) is 14.4 Å². The number of ether oxygens (including phenoxy) is 3. The van der Waals surface area contributed by atoms with Gasteiger partial charge in [0.1, 0.15) is 13.2 Å². The third kappa shape index (κ3) is 52.4. The smallest absolute Gasteiger partial charge is 0.306 e. The van der Waals surface area contributed by atoms with Gasteiger partial charge in [-0.1, -0.05) is 244 Å². The van der Waals surface area contributed by atoms with E-state index >= 15 is 0 Å². The maximum Gasteiger partial charge on any atom is 0.306 e. The molecular formula is C61H96O6. The number of hydrogen-bond acceptors (Lipinski definition) is 6. The monoisotopic (exact) mass is 925 g/mol. The molecule has 0 aliphatic heterocycles. The second-order valence-corrected chi connectivity index (χ2v) is 17.3. The summed E-state index contributed by atoms with van der Waals surface area (Å²) in [5.74, 6) is -1.04. The van der Waals surface area contributed by atoms with Gasteiger partial charge in [-0.25, -0.2) is 0 Å². The number of hydrogen-bond donors (Lipinski definition) is 0. The van der Waals surface area contributed by atoms with Gasteiger partial charge in [-0.2, -0.15) is 0 Å². The number of carbonyl (C=O) groups is 3. The lowest BCUT2D eigenvalue weighted by Gasteiger charge is -2.18.